The van der Waals surface area contributed by atoms with E-state index in [4.69, 9.17) is 20.2 Å². The van der Waals surface area contributed by atoms with E-state index in [1.165, 1.54) is 18.5 Å². The Morgan fingerprint density at radius 1 is 0.829 bits per heavy atom. The number of hydrogen-bond acceptors (Lipinski definition) is 7. The number of nitrogens with two attached hydrogens (primary N) is 1. The summed E-state index contributed by atoms with van der Waals surface area (Å²) in [4.78, 5) is 13.0. The van der Waals surface area contributed by atoms with Crippen molar-refractivity contribution in [2.45, 2.75) is 12.2 Å². The molecule has 0 aliphatic carbocycles. The highest BCUT2D eigenvalue weighted by molar-refractivity contribution is 5.79. The molecule has 0 saturated carbocycles. The molecule has 0 bridgehead atoms. The summed E-state index contributed by atoms with van der Waals surface area (Å²) >= 11 is 0. The van der Waals surface area contributed by atoms with E-state index in [1.54, 1.807) is 24.5 Å². The van der Waals surface area contributed by atoms with E-state index in [-0.39, 0.29) is 18.4 Å². The van der Waals surface area contributed by atoms with Crippen molar-refractivity contribution in [2.24, 2.45) is 10.7 Å². The van der Waals surface area contributed by atoms with Gasteiger partial charge < -0.3 is 19.9 Å². The zero-order valence-electron chi connectivity index (χ0n) is 18.2. The molecule has 9 heteroatoms. The lowest BCUT2D eigenvalue weighted by atomic mass is 9.79. The topological polar surface area (TPSA) is 91.9 Å². The van der Waals surface area contributed by atoms with Crippen LogP contribution in [0.25, 0.3) is 22.3 Å². The highest BCUT2D eigenvalue weighted by atomic mass is 19.3. The third-order valence-corrected chi connectivity index (χ3v) is 6.11. The molecule has 4 aromatic rings. The minimum Gasteiger partial charge on any atom is -0.462 e. The first-order valence-corrected chi connectivity index (χ1v) is 10.8. The van der Waals surface area contributed by atoms with Gasteiger partial charge in [0.05, 0.1) is 0 Å². The van der Waals surface area contributed by atoms with Crippen LogP contribution >= 0.6 is 0 Å². The highest BCUT2D eigenvalue weighted by Crippen LogP contribution is 2.52. The van der Waals surface area contributed by atoms with Crippen LogP contribution in [0, 0.1) is 0 Å². The summed E-state index contributed by atoms with van der Waals surface area (Å²) in [7, 11) is 0. The van der Waals surface area contributed by atoms with Crippen LogP contribution in [0.2, 0.25) is 0 Å². The first-order chi connectivity index (χ1) is 17.0. The Labute approximate surface area is 198 Å². The summed E-state index contributed by atoms with van der Waals surface area (Å²) < 4.78 is 41.4. The Balaban J connectivity index is 1.46. The molecule has 35 heavy (non-hydrogen) atoms. The van der Waals surface area contributed by atoms with Crippen LogP contribution in [-0.2, 0) is 10.3 Å². The van der Waals surface area contributed by atoms with E-state index < -0.39 is 12.2 Å². The molecule has 1 spiro atoms. The Kier molecular flexibility index (Phi) is 4.84. The Morgan fingerprint density at radius 2 is 1.43 bits per heavy atom. The maximum absolute atomic E-state index is 12.5. The summed E-state index contributed by atoms with van der Waals surface area (Å²) in [5.74, 6) is 1.38. The number of hydrogen-bond donors (Lipinski definition) is 1. The monoisotopic (exact) mass is 472 g/mol. The normalized spacial score (nSPS) is 17.9. The first-order valence-electron chi connectivity index (χ1n) is 10.8. The number of ether oxygens (including phenoxy) is 3. The number of nitrogens with zero attached hydrogens (tertiary/aromatic N) is 3. The Hall–Kier alpha value is -4.53. The molecule has 2 aliphatic heterocycles. The van der Waals surface area contributed by atoms with Gasteiger partial charge in [-0.2, -0.15) is 8.78 Å². The van der Waals surface area contributed by atoms with Crippen LogP contribution in [0.3, 0.4) is 0 Å². The molecule has 6 rings (SSSR count). The largest absolute Gasteiger partial charge is 0.462 e. The Morgan fingerprint density at radius 3 is 2.00 bits per heavy atom. The van der Waals surface area contributed by atoms with E-state index in [9.17, 15) is 8.78 Å². The zero-order valence-corrected chi connectivity index (χ0v) is 18.2. The van der Waals surface area contributed by atoms with Crippen molar-refractivity contribution in [3.63, 3.8) is 0 Å². The molecule has 3 aromatic carbocycles. The number of aromatic nitrogens is 2. The maximum atomic E-state index is 12.5. The van der Waals surface area contributed by atoms with E-state index in [2.05, 4.69) is 14.7 Å². The van der Waals surface area contributed by atoms with Crippen molar-refractivity contribution in [3.8, 4) is 39.5 Å². The summed E-state index contributed by atoms with van der Waals surface area (Å²) in [5, 5.41) is 0. The highest BCUT2D eigenvalue weighted by Gasteiger charge is 2.47. The fourth-order valence-electron chi connectivity index (χ4n) is 4.49. The maximum Gasteiger partial charge on any atom is 0.387 e. The molecule has 2 N–H and O–H groups in total. The smallest absolute Gasteiger partial charge is 0.387 e. The van der Waals surface area contributed by atoms with Gasteiger partial charge in [0.15, 0.2) is 5.54 Å². The van der Waals surface area contributed by atoms with Gasteiger partial charge in [0.25, 0.3) is 6.02 Å². The molecule has 7 nitrogen and oxygen atoms in total. The number of halogens is 2. The second-order valence-corrected chi connectivity index (χ2v) is 8.15. The summed E-state index contributed by atoms with van der Waals surface area (Å²) in [5.41, 5.74) is 10.1. The lowest BCUT2D eigenvalue weighted by Crippen LogP contribution is -2.31. The standard InChI is InChI=1S/C26H18F2N4O3/c27-24(28)34-19-5-1-15(2-6-19)16-3-7-22-20(9-16)26(13-33-25(29)32-26)21-10-17(4-8-23(21)35-22)18-11-30-14-31-12-18/h1-12,14,24H,13H2,(H2,29,32)/t26-/m1/s1. The van der Waals surface area contributed by atoms with E-state index in [1.807, 2.05) is 36.4 Å². The quantitative estimate of drug-likeness (QED) is 0.444. The molecule has 0 saturated heterocycles. The zero-order chi connectivity index (χ0) is 24.0. The number of rotatable bonds is 4. The summed E-state index contributed by atoms with van der Waals surface area (Å²) in [6.07, 6.45) is 4.95. The molecule has 2 aliphatic rings. The molecule has 0 amide bonds. The van der Waals surface area contributed by atoms with Crippen molar-refractivity contribution in [3.05, 3.63) is 90.5 Å². The fourth-order valence-corrected chi connectivity index (χ4v) is 4.49. The van der Waals surface area contributed by atoms with Gasteiger partial charge in [0.2, 0.25) is 0 Å². The third-order valence-electron chi connectivity index (χ3n) is 6.11. The number of amidine groups is 1. The van der Waals surface area contributed by atoms with Crippen molar-refractivity contribution in [1.82, 2.24) is 9.97 Å². The second-order valence-electron chi connectivity index (χ2n) is 8.15. The van der Waals surface area contributed by atoms with Gasteiger partial charge in [-0.25, -0.2) is 15.0 Å². The second kappa shape index (κ2) is 8.05. The lowest BCUT2D eigenvalue weighted by molar-refractivity contribution is -0.0498. The molecule has 1 atom stereocenters. The first kappa shape index (κ1) is 21.0. The van der Waals surface area contributed by atoms with Crippen LogP contribution in [-0.4, -0.2) is 29.2 Å². The predicted octanol–water partition coefficient (Wildman–Crippen LogP) is 5.11. The molecule has 1 aromatic heterocycles. The minimum absolute atomic E-state index is 0.0921. The summed E-state index contributed by atoms with van der Waals surface area (Å²) in [6.45, 7) is -2.67. The van der Waals surface area contributed by atoms with Crippen LogP contribution < -0.4 is 15.2 Å². The molecule has 174 valence electrons. The van der Waals surface area contributed by atoms with E-state index in [0.717, 1.165) is 33.4 Å². The summed E-state index contributed by atoms with van der Waals surface area (Å²) in [6, 6.07) is 18.1. The third kappa shape index (κ3) is 3.61. The predicted molar refractivity (Wildman–Crippen MR) is 124 cm³/mol. The lowest BCUT2D eigenvalue weighted by Gasteiger charge is -2.34. The number of fused-ring (bicyclic) bond motifs is 4. The van der Waals surface area contributed by atoms with Gasteiger partial charge in [0.1, 0.15) is 30.2 Å². The SMILES string of the molecule is NC1=N[C@]2(CO1)c1cc(-c3ccc(OC(F)F)cc3)ccc1Oc1ccc(-c3cncnc3)cc12. The Bertz CT molecular complexity index is 1450. The molecular formula is C26H18F2N4O3. The molecule has 0 fully saturated rings. The van der Waals surface area contributed by atoms with Crippen LogP contribution in [0.1, 0.15) is 11.1 Å². The van der Waals surface area contributed by atoms with Crippen molar-refractivity contribution < 1.29 is 23.0 Å². The average Bonchev–Trinajstić information content (AvgIpc) is 3.27. The van der Waals surface area contributed by atoms with Gasteiger partial charge in [-0.15, -0.1) is 0 Å². The van der Waals surface area contributed by atoms with Crippen molar-refractivity contribution in [1.29, 1.82) is 0 Å². The van der Waals surface area contributed by atoms with Crippen LogP contribution in [0.5, 0.6) is 17.2 Å². The number of benzene rings is 3. The molecule has 0 unspecified atom stereocenters. The van der Waals surface area contributed by atoms with Gasteiger partial charge in [-0.05, 0) is 53.1 Å². The van der Waals surface area contributed by atoms with Gasteiger partial charge in [-0.1, -0.05) is 24.3 Å². The fraction of sp³-hybridized carbons (Fsp3) is 0.115. The van der Waals surface area contributed by atoms with Crippen LogP contribution in [0.4, 0.5) is 8.78 Å². The van der Waals surface area contributed by atoms with Gasteiger partial charge >= 0.3 is 6.61 Å². The average molecular weight is 472 g/mol. The van der Waals surface area contributed by atoms with Gasteiger partial charge in [0, 0.05) is 29.1 Å². The van der Waals surface area contributed by atoms with Gasteiger partial charge in [-0.3, -0.25) is 0 Å². The van der Waals surface area contributed by atoms with E-state index in [0.29, 0.717) is 11.5 Å². The van der Waals surface area contributed by atoms with E-state index >= 15 is 0 Å². The van der Waals surface area contributed by atoms with Crippen LogP contribution in [0.15, 0.2) is 84.4 Å². The minimum atomic E-state index is -2.88. The molecule has 3 heterocycles. The van der Waals surface area contributed by atoms with Crippen molar-refractivity contribution in [2.75, 3.05) is 6.61 Å². The van der Waals surface area contributed by atoms with Crippen molar-refractivity contribution >= 4 is 6.02 Å². The number of alkyl halides is 2. The number of aliphatic imine (C=N–C) groups is 1. The molecular weight excluding hydrogens is 454 g/mol. The molecule has 0 radical (unpaired) electrons.